The molecule has 1 atom stereocenters. The predicted octanol–water partition coefficient (Wildman–Crippen LogP) is 3.66. The zero-order valence-corrected chi connectivity index (χ0v) is 12.8. The van der Waals surface area contributed by atoms with Crippen molar-refractivity contribution in [2.45, 2.75) is 25.5 Å². The number of carbonyl (C=O) groups excluding carboxylic acids is 1. The number of pyridine rings is 1. The van der Waals surface area contributed by atoms with E-state index in [1.165, 1.54) is 0 Å². The van der Waals surface area contributed by atoms with E-state index in [0.717, 1.165) is 30.5 Å². The van der Waals surface area contributed by atoms with Crippen LogP contribution >= 0.6 is 11.6 Å². The molecule has 1 unspecified atom stereocenters. The fraction of sp³-hybridized carbons (Fsp3) is 0.294. The molecule has 2 heterocycles. The fourth-order valence-electron chi connectivity index (χ4n) is 2.44. The summed E-state index contributed by atoms with van der Waals surface area (Å²) in [5.41, 5.74) is 1.99. The SMILES string of the molecule is O=C(NC1CCCCO1)c1cccc(-c2cccc(Cl)c2)n1. The standard InChI is InChI=1S/C17H17ClN2O2/c18-13-6-3-5-12(11-13)14-7-4-8-15(19-14)17(21)20-16-9-1-2-10-22-16/h3-8,11,16H,1-2,9-10H2,(H,20,21). The minimum Gasteiger partial charge on any atom is -0.359 e. The molecule has 22 heavy (non-hydrogen) atoms. The molecule has 0 bridgehead atoms. The Balaban J connectivity index is 1.77. The first kappa shape index (κ1) is 15.0. The number of hydrogen-bond acceptors (Lipinski definition) is 3. The highest BCUT2D eigenvalue weighted by Gasteiger charge is 2.18. The first-order chi connectivity index (χ1) is 10.7. The quantitative estimate of drug-likeness (QED) is 0.940. The van der Waals surface area contributed by atoms with E-state index in [0.29, 0.717) is 17.3 Å². The molecule has 5 heteroatoms. The summed E-state index contributed by atoms with van der Waals surface area (Å²) >= 11 is 6.00. The molecular formula is C17H17ClN2O2. The number of amides is 1. The number of halogens is 1. The van der Waals surface area contributed by atoms with Gasteiger partial charge in [-0.05, 0) is 43.5 Å². The molecule has 0 aliphatic carbocycles. The van der Waals surface area contributed by atoms with Crippen molar-refractivity contribution in [3.63, 3.8) is 0 Å². The average molecular weight is 317 g/mol. The van der Waals surface area contributed by atoms with Gasteiger partial charge in [0.1, 0.15) is 11.9 Å². The van der Waals surface area contributed by atoms with Gasteiger partial charge < -0.3 is 10.1 Å². The van der Waals surface area contributed by atoms with Crippen LogP contribution in [-0.2, 0) is 4.74 Å². The van der Waals surface area contributed by atoms with Crippen LogP contribution in [0.25, 0.3) is 11.3 Å². The van der Waals surface area contributed by atoms with Crippen molar-refractivity contribution < 1.29 is 9.53 Å². The Morgan fingerprint density at radius 1 is 1.23 bits per heavy atom. The van der Waals surface area contributed by atoms with Crippen molar-refractivity contribution in [1.82, 2.24) is 10.3 Å². The highest BCUT2D eigenvalue weighted by Crippen LogP contribution is 2.21. The maximum Gasteiger partial charge on any atom is 0.271 e. The van der Waals surface area contributed by atoms with Gasteiger partial charge in [-0.2, -0.15) is 0 Å². The van der Waals surface area contributed by atoms with Crippen molar-refractivity contribution in [2.75, 3.05) is 6.61 Å². The van der Waals surface area contributed by atoms with E-state index in [1.54, 1.807) is 6.07 Å². The minimum absolute atomic E-state index is 0.210. The van der Waals surface area contributed by atoms with E-state index in [2.05, 4.69) is 10.3 Å². The topological polar surface area (TPSA) is 51.2 Å². The number of nitrogens with zero attached hydrogens (tertiary/aromatic N) is 1. The van der Waals surface area contributed by atoms with Gasteiger partial charge in [0.25, 0.3) is 5.91 Å². The summed E-state index contributed by atoms with van der Waals surface area (Å²) in [7, 11) is 0. The second-order valence-corrected chi connectivity index (χ2v) is 5.68. The third-order valence-corrected chi connectivity index (χ3v) is 3.81. The van der Waals surface area contributed by atoms with Crippen molar-refractivity contribution in [2.24, 2.45) is 0 Å². The first-order valence-electron chi connectivity index (χ1n) is 7.38. The van der Waals surface area contributed by atoms with Crippen molar-refractivity contribution in [1.29, 1.82) is 0 Å². The van der Waals surface area contributed by atoms with E-state index in [-0.39, 0.29) is 12.1 Å². The van der Waals surface area contributed by atoms with Crippen LogP contribution in [0.3, 0.4) is 0 Å². The van der Waals surface area contributed by atoms with Gasteiger partial charge in [0.15, 0.2) is 0 Å². The van der Waals surface area contributed by atoms with E-state index >= 15 is 0 Å². The van der Waals surface area contributed by atoms with E-state index in [4.69, 9.17) is 16.3 Å². The van der Waals surface area contributed by atoms with E-state index < -0.39 is 0 Å². The number of benzene rings is 1. The van der Waals surface area contributed by atoms with Crippen LogP contribution in [0, 0.1) is 0 Å². The van der Waals surface area contributed by atoms with Crippen LogP contribution < -0.4 is 5.32 Å². The summed E-state index contributed by atoms with van der Waals surface area (Å²) < 4.78 is 5.52. The summed E-state index contributed by atoms with van der Waals surface area (Å²) in [5, 5.41) is 3.52. The first-order valence-corrected chi connectivity index (χ1v) is 7.75. The lowest BCUT2D eigenvalue weighted by Gasteiger charge is -2.23. The van der Waals surface area contributed by atoms with Gasteiger partial charge in [-0.1, -0.05) is 29.8 Å². The summed E-state index contributed by atoms with van der Waals surface area (Å²) in [6.45, 7) is 0.695. The highest BCUT2D eigenvalue weighted by atomic mass is 35.5. The number of carbonyl (C=O) groups is 1. The zero-order valence-electron chi connectivity index (χ0n) is 12.1. The van der Waals surface area contributed by atoms with Crippen LogP contribution in [0.1, 0.15) is 29.8 Å². The summed E-state index contributed by atoms with van der Waals surface area (Å²) in [6.07, 6.45) is 2.76. The molecule has 1 aromatic heterocycles. The number of aromatic nitrogens is 1. The lowest BCUT2D eigenvalue weighted by Crippen LogP contribution is -2.39. The number of rotatable bonds is 3. The lowest BCUT2D eigenvalue weighted by molar-refractivity contribution is -0.00278. The molecule has 3 rings (SSSR count). The lowest BCUT2D eigenvalue weighted by atomic mass is 10.1. The molecule has 2 aromatic rings. The molecular weight excluding hydrogens is 300 g/mol. The maximum absolute atomic E-state index is 12.3. The van der Waals surface area contributed by atoms with Crippen LogP contribution in [-0.4, -0.2) is 23.7 Å². The molecule has 0 spiro atoms. The van der Waals surface area contributed by atoms with E-state index in [1.807, 2.05) is 36.4 Å². The second kappa shape index (κ2) is 6.90. The zero-order chi connectivity index (χ0) is 15.4. The number of hydrogen-bond donors (Lipinski definition) is 1. The van der Waals surface area contributed by atoms with Gasteiger partial charge in [-0.25, -0.2) is 4.98 Å². The van der Waals surface area contributed by atoms with Crippen LogP contribution in [0.2, 0.25) is 5.02 Å². The Hall–Kier alpha value is -1.91. The summed E-state index contributed by atoms with van der Waals surface area (Å²) in [6, 6.07) is 12.8. The Labute approximate surface area is 134 Å². The number of ether oxygens (including phenoxy) is 1. The molecule has 1 saturated heterocycles. The van der Waals surface area contributed by atoms with Gasteiger partial charge in [-0.3, -0.25) is 4.79 Å². The monoisotopic (exact) mass is 316 g/mol. The average Bonchev–Trinajstić information content (AvgIpc) is 2.56. The molecule has 1 aliphatic heterocycles. The van der Waals surface area contributed by atoms with Gasteiger partial charge in [0.05, 0.1) is 5.69 Å². The molecule has 1 N–H and O–H groups in total. The largest absolute Gasteiger partial charge is 0.359 e. The van der Waals surface area contributed by atoms with Gasteiger partial charge in [0.2, 0.25) is 0 Å². The Morgan fingerprint density at radius 2 is 2.09 bits per heavy atom. The summed E-state index contributed by atoms with van der Waals surface area (Å²) in [4.78, 5) is 16.7. The van der Waals surface area contributed by atoms with E-state index in [9.17, 15) is 4.79 Å². The fourth-order valence-corrected chi connectivity index (χ4v) is 2.63. The molecule has 4 nitrogen and oxygen atoms in total. The molecule has 1 fully saturated rings. The van der Waals surface area contributed by atoms with Crippen molar-refractivity contribution in [3.8, 4) is 11.3 Å². The molecule has 114 valence electrons. The predicted molar refractivity (Wildman–Crippen MR) is 85.7 cm³/mol. The number of nitrogens with one attached hydrogen (secondary N) is 1. The van der Waals surface area contributed by atoms with Crippen LogP contribution in [0.4, 0.5) is 0 Å². The third kappa shape index (κ3) is 3.64. The Morgan fingerprint density at radius 3 is 2.86 bits per heavy atom. The van der Waals surface area contributed by atoms with Gasteiger partial charge in [0, 0.05) is 17.2 Å². The van der Waals surface area contributed by atoms with Crippen molar-refractivity contribution >= 4 is 17.5 Å². The van der Waals surface area contributed by atoms with Crippen molar-refractivity contribution in [3.05, 3.63) is 53.2 Å². The highest BCUT2D eigenvalue weighted by molar-refractivity contribution is 6.30. The maximum atomic E-state index is 12.3. The normalized spacial score (nSPS) is 18.0. The minimum atomic E-state index is -0.212. The molecule has 0 radical (unpaired) electrons. The third-order valence-electron chi connectivity index (χ3n) is 3.57. The Kier molecular flexibility index (Phi) is 4.71. The molecule has 1 aromatic carbocycles. The summed E-state index contributed by atoms with van der Waals surface area (Å²) in [5.74, 6) is -0.212. The Bertz CT molecular complexity index is 669. The van der Waals surface area contributed by atoms with Crippen LogP contribution in [0.5, 0.6) is 0 Å². The van der Waals surface area contributed by atoms with Crippen LogP contribution in [0.15, 0.2) is 42.5 Å². The molecule has 0 saturated carbocycles. The van der Waals surface area contributed by atoms with Gasteiger partial charge in [-0.15, -0.1) is 0 Å². The van der Waals surface area contributed by atoms with Gasteiger partial charge >= 0.3 is 0 Å². The molecule has 1 aliphatic rings. The smallest absolute Gasteiger partial charge is 0.271 e. The second-order valence-electron chi connectivity index (χ2n) is 5.25. The molecule has 1 amide bonds.